The monoisotopic (exact) mass is 503 g/mol. The zero-order valence-electron chi connectivity index (χ0n) is 20.5. The molecule has 1 amide bonds. The fourth-order valence-corrected chi connectivity index (χ4v) is 3.99. The number of aryl methyl sites for hydroxylation is 1. The molecule has 0 radical (unpaired) electrons. The van der Waals surface area contributed by atoms with Gasteiger partial charge in [0.05, 0.1) is 36.4 Å². The number of fused-ring (bicyclic) bond motifs is 1. The summed E-state index contributed by atoms with van der Waals surface area (Å²) >= 11 is 0. The maximum Gasteiger partial charge on any atom is 0.311 e. The van der Waals surface area contributed by atoms with Crippen LogP contribution in [-0.4, -0.2) is 45.9 Å². The topological polar surface area (TPSA) is 141 Å². The molecule has 0 fully saturated rings. The van der Waals surface area contributed by atoms with E-state index >= 15 is 0 Å². The second-order valence-corrected chi connectivity index (χ2v) is 8.24. The first-order chi connectivity index (χ1) is 17.8. The van der Waals surface area contributed by atoms with Crippen molar-refractivity contribution in [2.24, 2.45) is 5.10 Å². The van der Waals surface area contributed by atoms with Crippen LogP contribution in [0.1, 0.15) is 22.5 Å². The van der Waals surface area contributed by atoms with E-state index < -0.39 is 22.3 Å². The number of hydrogen-bond donors (Lipinski definition) is 2. The molecule has 4 rings (SSSR count). The van der Waals surface area contributed by atoms with Gasteiger partial charge in [-0.05, 0) is 48.4 Å². The third kappa shape index (κ3) is 5.50. The number of benzene rings is 3. The normalized spacial score (nSPS) is 11.1. The quantitative estimate of drug-likeness (QED) is 0.201. The number of phenols is 1. The lowest BCUT2D eigenvalue weighted by Crippen LogP contribution is -2.24. The summed E-state index contributed by atoms with van der Waals surface area (Å²) in [6.45, 7) is 1.59. The molecule has 0 spiro atoms. The van der Waals surface area contributed by atoms with Gasteiger partial charge in [-0.25, -0.2) is 10.4 Å². The van der Waals surface area contributed by atoms with Gasteiger partial charge in [-0.1, -0.05) is 18.2 Å². The average molecular weight is 504 g/mol. The Labute approximate surface area is 212 Å². The van der Waals surface area contributed by atoms with Crippen molar-refractivity contribution in [2.45, 2.75) is 19.9 Å². The Morgan fingerprint density at radius 2 is 1.92 bits per heavy atom. The minimum atomic E-state index is -0.678. The number of nitrogens with one attached hydrogen (secondary N) is 1. The summed E-state index contributed by atoms with van der Waals surface area (Å²) < 4.78 is 12.5. The molecule has 0 atom stereocenters. The standard InChI is InChI=1S/C26H25N5O6/c1-16-10-18(26(33)21(11-16)31(34)35)14-27-29-25(32)15-30-20-7-5-4-6-19(20)28-24(30)13-17-8-9-22(36-2)23(12-17)37-3/h4-12,14,33H,13,15H2,1-3H3,(H,29,32)/b27-14-. The molecule has 4 aromatic rings. The highest BCUT2D eigenvalue weighted by atomic mass is 16.6. The predicted molar refractivity (Wildman–Crippen MR) is 137 cm³/mol. The smallest absolute Gasteiger partial charge is 0.311 e. The zero-order valence-corrected chi connectivity index (χ0v) is 20.5. The number of para-hydroxylation sites is 2. The number of nitro benzene ring substituents is 1. The van der Waals surface area contributed by atoms with Crippen LogP contribution in [-0.2, 0) is 17.8 Å². The van der Waals surface area contributed by atoms with Gasteiger partial charge in [-0.2, -0.15) is 5.10 Å². The lowest BCUT2D eigenvalue weighted by atomic mass is 10.1. The van der Waals surface area contributed by atoms with Crippen LogP contribution in [0.5, 0.6) is 17.2 Å². The predicted octanol–water partition coefficient (Wildman–Crippen LogP) is 3.72. The van der Waals surface area contributed by atoms with E-state index in [9.17, 15) is 20.0 Å². The molecule has 0 aliphatic heterocycles. The Morgan fingerprint density at radius 3 is 2.65 bits per heavy atom. The first kappa shape index (κ1) is 25.2. The third-order valence-corrected chi connectivity index (χ3v) is 5.70. The number of hydrazone groups is 1. The van der Waals surface area contributed by atoms with E-state index in [1.165, 1.54) is 18.3 Å². The third-order valence-electron chi connectivity index (χ3n) is 5.70. The first-order valence-corrected chi connectivity index (χ1v) is 11.3. The maximum absolute atomic E-state index is 12.8. The van der Waals surface area contributed by atoms with Gasteiger partial charge in [0.25, 0.3) is 5.91 Å². The van der Waals surface area contributed by atoms with Crippen molar-refractivity contribution in [1.29, 1.82) is 0 Å². The Hall–Kier alpha value is -4.93. The van der Waals surface area contributed by atoms with E-state index in [-0.39, 0.29) is 12.1 Å². The highest BCUT2D eigenvalue weighted by Gasteiger charge is 2.18. The van der Waals surface area contributed by atoms with Crippen molar-refractivity contribution in [2.75, 3.05) is 14.2 Å². The number of carbonyl (C=O) groups excluding carboxylic acids is 1. The molecule has 0 unspecified atom stereocenters. The molecule has 37 heavy (non-hydrogen) atoms. The van der Waals surface area contributed by atoms with Crippen LogP contribution in [0.2, 0.25) is 0 Å². The number of aromatic hydroxyl groups is 1. The molecule has 0 bridgehead atoms. The Morgan fingerprint density at radius 1 is 1.16 bits per heavy atom. The largest absolute Gasteiger partial charge is 0.502 e. The van der Waals surface area contributed by atoms with Crippen molar-refractivity contribution in [1.82, 2.24) is 15.0 Å². The van der Waals surface area contributed by atoms with Crippen LogP contribution in [0.3, 0.4) is 0 Å². The minimum absolute atomic E-state index is 0.0690. The van der Waals surface area contributed by atoms with Crippen molar-refractivity contribution < 1.29 is 24.3 Å². The first-order valence-electron chi connectivity index (χ1n) is 11.3. The van der Waals surface area contributed by atoms with Gasteiger partial charge in [-0.3, -0.25) is 14.9 Å². The summed E-state index contributed by atoms with van der Waals surface area (Å²) in [5, 5.41) is 25.2. The lowest BCUT2D eigenvalue weighted by molar-refractivity contribution is -0.385. The molecule has 0 aliphatic carbocycles. The van der Waals surface area contributed by atoms with E-state index in [4.69, 9.17) is 14.5 Å². The van der Waals surface area contributed by atoms with E-state index in [0.717, 1.165) is 16.6 Å². The summed E-state index contributed by atoms with van der Waals surface area (Å²) in [7, 11) is 3.13. The second kappa shape index (κ2) is 10.8. The molecule has 1 heterocycles. The van der Waals surface area contributed by atoms with Crippen molar-refractivity contribution in [3.63, 3.8) is 0 Å². The highest BCUT2D eigenvalue weighted by molar-refractivity contribution is 5.87. The van der Waals surface area contributed by atoms with E-state index in [1.807, 2.05) is 42.5 Å². The summed E-state index contributed by atoms with van der Waals surface area (Å²) in [4.78, 5) is 27.9. The van der Waals surface area contributed by atoms with Crippen LogP contribution in [0.15, 0.2) is 59.7 Å². The van der Waals surface area contributed by atoms with Crippen molar-refractivity contribution >= 4 is 28.8 Å². The van der Waals surface area contributed by atoms with Gasteiger partial charge in [0, 0.05) is 18.1 Å². The van der Waals surface area contributed by atoms with Gasteiger partial charge < -0.3 is 19.1 Å². The van der Waals surface area contributed by atoms with Gasteiger partial charge in [0.1, 0.15) is 12.4 Å². The van der Waals surface area contributed by atoms with E-state index in [0.29, 0.717) is 29.3 Å². The fourth-order valence-electron chi connectivity index (χ4n) is 3.99. The molecule has 0 saturated heterocycles. The minimum Gasteiger partial charge on any atom is -0.502 e. The summed E-state index contributed by atoms with van der Waals surface area (Å²) in [5.74, 6) is 0.914. The number of rotatable bonds is 9. The number of imidazole rings is 1. The molecular formula is C26H25N5O6. The molecule has 190 valence electrons. The summed E-state index contributed by atoms with van der Waals surface area (Å²) in [6, 6.07) is 15.9. The number of amides is 1. The Kier molecular flexibility index (Phi) is 7.33. The molecule has 11 nitrogen and oxygen atoms in total. The van der Waals surface area contributed by atoms with Crippen LogP contribution >= 0.6 is 0 Å². The van der Waals surface area contributed by atoms with E-state index in [2.05, 4.69) is 10.5 Å². The van der Waals surface area contributed by atoms with Crippen molar-refractivity contribution in [3.05, 3.63) is 87.2 Å². The fraction of sp³-hybridized carbons (Fsp3) is 0.192. The highest BCUT2D eigenvalue weighted by Crippen LogP contribution is 2.30. The molecule has 2 N–H and O–H groups in total. The van der Waals surface area contributed by atoms with Gasteiger partial charge in [0.15, 0.2) is 11.5 Å². The number of ether oxygens (including phenoxy) is 2. The summed E-state index contributed by atoms with van der Waals surface area (Å²) in [6.07, 6.45) is 1.61. The van der Waals surface area contributed by atoms with Gasteiger partial charge >= 0.3 is 5.69 Å². The molecular weight excluding hydrogens is 478 g/mol. The zero-order chi connectivity index (χ0) is 26.5. The van der Waals surface area contributed by atoms with Crippen LogP contribution in [0, 0.1) is 17.0 Å². The number of aromatic nitrogens is 2. The van der Waals surface area contributed by atoms with Gasteiger partial charge in [-0.15, -0.1) is 0 Å². The summed E-state index contributed by atoms with van der Waals surface area (Å²) in [5.41, 5.74) is 5.12. The number of nitro groups is 1. The second-order valence-electron chi connectivity index (χ2n) is 8.24. The Balaban J connectivity index is 1.56. The number of phenolic OH excluding ortho intramolecular Hbond substituents is 1. The number of carbonyl (C=O) groups is 1. The van der Waals surface area contributed by atoms with Crippen LogP contribution in [0.25, 0.3) is 11.0 Å². The maximum atomic E-state index is 12.8. The molecule has 0 aliphatic rings. The van der Waals surface area contributed by atoms with Gasteiger partial charge in [0.2, 0.25) is 5.75 Å². The molecule has 1 aromatic heterocycles. The number of hydrogen-bond acceptors (Lipinski definition) is 8. The van der Waals surface area contributed by atoms with Crippen molar-refractivity contribution in [3.8, 4) is 17.2 Å². The molecule has 0 saturated carbocycles. The average Bonchev–Trinajstić information content (AvgIpc) is 3.22. The Bertz CT molecular complexity index is 1510. The van der Waals surface area contributed by atoms with Crippen LogP contribution in [0.4, 0.5) is 5.69 Å². The molecule has 3 aromatic carbocycles. The number of nitrogens with zero attached hydrogens (tertiary/aromatic N) is 4. The molecule has 11 heteroatoms. The SMILES string of the molecule is COc1ccc(Cc2nc3ccccc3n2CC(=O)N/N=C\c2cc(C)cc([N+](=O)[O-])c2O)cc1OC. The number of methoxy groups -OCH3 is 2. The van der Waals surface area contributed by atoms with E-state index in [1.54, 1.807) is 25.7 Å². The lowest BCUT2D eigenvalue weighted by Gasteiger charge is -2.11. The van der Waals surface area contributed by atoms with Crippen LogP contribution < -0.4 is 14.9 Å².